The lowest BCUT2D eigenvalue weighted by atomic mass is 10.3. The average Bonchev–Trinajstić information content (AvgIpc) is 2.18. The molecule has 0 aliphatic heterocycles. The Morgan fingerprint density at radius 3 is 2.73 bits per heavy atom. The fraction of sp³-hybridized carbons (Fsp3) is 0.600. The molecule has 0 amide bonds. The molecule has 1 rings (SSSR count). The molecule has 84 valence electrons. The standard InChI is InChI=1S/C10H18N4O/c1-8(2)14(4-5-15-3)10-6-9(11)12-7-13-10/h6-8H,4-5H2,1-3H3,(H2,11,12,13). The lowest BCUT2D eigenvalue weighted by molar-refractivity contribution is 0.203. The van der Waals surface area contributed by atoms with E-state index in [9.17, 15) is 0 Å². The van der Waals surface area contributed by atoms with E-state index in [2.05, 4.69) is 28.7 Å². The van der Waals surface area contributed by atoms with E-state index in [1.54, 1.807) is 13.2 Å². The number of nitrogens with zero attached hydrogens (tertiary/aromatic N) is 3. The first-order valence-electron chi connectivity index (χ1n) is 4.98. The Kier molecular flexibility index (Phi) is 4.30. The Balaban J connectivity index is 2.79. The van der Waals surface area contributed by atoms with Crippen molar-refractivity contribution in [2.24, 2.45) is 0 Å². The predicted molar refractivity (Wildman–Crippen MR) is 60.8 cm³/mol. The van der Waals surface area contributed by atoms with Crippen molar-refractivity contribution < 1.29 is 4.74 Å². The molecule has 0 saturated heterocycles. The Labute approximate surface area is 90.3 Å². The molecule has 1 aromatic rings. The van der Waals surface area contributed by atoms with Crippen LogP contribution in [0.15, 0.2) is 12.4 Å². The average molecular weight is 210 g/mol. The van der Waals surface area contributed by atoms with Crippen molar-refractivity contribution in [2.45, 2.75) is 19.9 Å². The van der Waals surface area contributed by atoms with Gasteiger partial charge in [0.1, 0.15) is 18.0 Å². The monoisotopic (exact) mass is 210 g/mol. The summed E-state index contributed by atoms with van der Waals surface area (Å²) >= 11 is 0. The molecular formula is C10H18N4O. The Morgan fingerprint density at radius 1 is 1.47 bits per heavy atom. The maximum Gasteiger partial charge on any atom is 0.134 e. The van der Waals surface area contributed by atoms with E-state index in [1.807, 2.05) is 0 Å². The molecule has 0 radical (unpaired) electrons. The first kappa shape index (κ1) is 11.7. The zero-order valence-electron chi connectivity index (χ0n) is 9.47. The van der Waals surface area contributed by atoms with Crippen molar-refractivity contribution in [3.05, 3.63) is 12.4 Å². The number of nitrogens with two attached hydrogens (primary N) is 1. The van der Waals surface area contributed by atoms with Crippen molar-refractivity contribution in [3.8, 4) is 0 Å². The lowest BCUT2D eigenvalue weighted by Crippen LogP contribution is -2.34. The summed E-state index contributed by atoms with van der Waals surface area (Å²) in [7, 11) is 1.69. The zero-order valence-corrected chi connectivity index (χ0v) is 9.47. The van der Waals surface area contributed by atoms with Gasteiger partial charge in [0.15, 0.2) is 0 Å². The van der Waals surface area contributed by atoms with E-state index in [0.717, 1.165) is 12.4 Å². The molecular weight excluding hydrogens is 192 g/mol. The van der Waals surface area contributed by atoms with Crippen LogP contribution < -0.4 is 10.6 Å². The third-order valence-corrected chi connectivity index (χ3v) is 2.13. The molecule has 0 aromatic carbocycles. The number of methoxy groups -OCH3 is 1. The molecule has 0 aliphatic carbocycles. The van der Waals surface area contributed by atoms with Gasteiger partial charge < -0.3 is 15.4 Å². The summed E-state index contributed by atoms with van der Waals surface area (Å²) in [5.41, 5.74) is 5.62. The Morgan fingerprint density at radius 2 is 2.20 bits per heavy atom. The second-order valence-corrected chi connectivity index (χ2v) is 3.58. The van der Waals surface area contributed by atoms with Gasteiger partial charge in [-0.1, -0.05) is 0 Å². The molecule has 0 atom stereocenters. The number of anilines is 2. The van der Waals surface area contributed by atoms with Crippen LogP contribution in [0, 0.1) is 0 Å². The minimum atomic E-state index is 0.356. The van der Waals surface area contributed by atoms with Crippen molar-refractivity contribution >= 4 is 11.6 Å². The summed E-state index contributed by atoms with van der Waals surface area (Å²) in [6, 6.07) is 2.13. The van der Waals surface area contributed by atoms with Crippen molar-refractivity contribution in [1.82, 2.24) is 9.97 Å². The van der Waals surface area contributed by atoms with Gasteiger partial charge in [-0.15, -0.1) is 0 Å². The molecule has 2 N–H and O–H groups in total. The zero-order chi connectivity index (χ0) is 11.3. The van der Waals surface area contributed by atoms with Crippen molar-refractivity contribution in [2.75, 3.05) is 30.9 Å². The molecule has 0 fully saturated rings. The van der Waals surface area contributed by atoms with Gasteiger partial charge in [0.2, 0.25) is 0 Å². The first-order valence-corrected chi connectivity index (χ1v) is 4.98. The van der Waals surface area contributed by atoms with E-state index in [4.69, 9.17) is 10.5 Å². The van der Waals surface area contributed by atoms with Crippen LogP contribution in [-0.4, -0.2) is 36.3 Å². The highest BCUT2D eigenvalue weighted by Crippen LogP contribution is 2.14. The van der Waals surface area contributed by atoms with Crippen LogP contribution in [0.1, 0.15) is 13.8 Å². The summed E-state index contributed by atoms with van der Waals surface area (Å²) in [5.74, 6) is 1.33. The minimum absolute atomic E-state index is 0.356. The maximum absolute atomic E-state index is 5.62. The number of ether oxygens (including phenoxy) is 1. The van der Waals surface area contributed by atoms with Crippen molar-refractivity contribution in [1.29, 1.82) is 0 Å². The highest BCUT2D eigenvalue weighted by molar-refractivity contribution is 5.46. The fourth-order valence-electron chi connectivity index (χ4n) is 1.35. The van der Waals surface area contributed by atoms with E-state index >= 15 is 0 Å². The van der Waals surface area contributed by atoms with Crippen LogP contribution in [0.5, 0.6) is 0 Å². The third-order valence-electron chi connectivity index (χ3n) is 2.13. The molecule has 5 heteroatoms. The van der Waals surface area contributed by atoms with Gasteiger partial charge in [0, 0.05) is 25.8 Å². The number of hydrogen-bond acceptors (Lipinski definition) is 5. The second-order valence-electron chi connectivity index (χ2n) is 3.58. The number of hydrogen-bond donors (Lipinski definition) is 1. The van der Waals surface area contributed by atoms with Gasteiger partial charge in [-0.3, -0.25) is 0 Å². The fourth-order valence-corrected chi connectivity index (χ4v) is 1.35. The summed E-state index contributed by atoms with van der Waals surface area (Å²) in [4.78, 5) is 10.2. The van der Waals surface area contributed by atoms with E-state index in [0.29, 0.717) is 18.5 Å². The molecule has 1 heterocycles. The van der Waals surface area contributed by atoms with Crippen LogP contribution in [-0.2, 0) is 4.74 Å². The molecule has 15 heavy (non-hydrogen) atoms. The van der Waals surface area contributed by atoms with E-state index in [1.165, 1.54) is 6.33 Å². The van der Waals surface area contributed by atoms with Gasteiger partial charge in [-0.05, 0) is 13.8 Å². The largest absolute Gasteiger partial charge is 0.384 e. The van der Waals surface area contributed by atoms with Crippen LogP contribution >= 0.6 is 0 Å². The Hall–Kier alpha value is -1.36. The van der Waals surface area contributed by atoms with Crippen LogP contribution in [0.4, 0.5) is 11.6 Å². The molecule has 0 spiro atoms. The van der Waals surface area contributed by atoms with E-state index < -0.39 is 0 Å². The van der Waals surface area contributed by atoms with Crippen LogP contribution in [0.2, 0.25) is 0 Å². The highest BCUT2D eigenvalue weighted by atomic mass is 16.5. The lowest BCUT2D eigenvalue weighted by Gasteiger charge is -2.27. The molecule has 0 aliphatic rings. The first-order chi connectivity index (χ1) is 7.15. The highest BCUT2D eigenvalue weighted by Gasteiger charge is 2.11. The molecule has 0 unspecified atom stereocenters. The minimum Gasteiger partial charge on any atom is -0.384 e. The predicted octanol–water partition coefficient (Wildman–Crippen LogP) is 0.920. The Bertz CT molecular complexity index is 303. The SMILES string of the molecule is COCCN(c1cc(N)ncn1)C(C)C. The summed E-state index contributed by atoms with van der Waals surface area (Å²) < 4.78 is 5.06. The topological polar surface area (TPSA) is 64.3 Å². The van der Waals surface area contributed by atoms with Gasteiger partial charge in [0.25, 0.3) is 0 Å². The molecule has 0 saturated carbocycles. The molecule has 0 bridgehead atoms. The summed E-state index contributed by atoms with van der Waals surface area (Å²) in [6.07, 6.45) is 1.48. The van der Waals surface area contributed by atoms with Gasteiger partial charge in [-0.2, -0.15) is 0 Å². The van der Waals surface area contributed by atoms with Gasteiger partial charge in [0.05, 0.1) is 6.61 Å². The number of nitrogen functional groups attached to an aromatic ring is 1. The smallest absolute Gasteiger partial charge is 0.134 e. The molecule has 1 aromatic heterocycles. The van der Waals surface area contributed by atoms with E-state index in [-0.39, 0.29) is 0 Å². The summed E-state index contributed by atoms with van der Waals surface area (Å²) in [5, 5.41) is 0. The maximum atomic E-state index is 5.62. The number of rotatable bonds is 5. The van der Waals surface area contributed by atoms with Crippen molar-refractivity contribution in [3.63, 3.8) is 0 Å². The normalized spacial score (nSPS) is 10.7. The van der Waals surface area contributed by atoms with Gasteiger partial charge in [-0.25, -0.2) is 9.97 Å². The molecule has 5 nitrogen and oxygen atoms in total. The van der Waals surface area contributed by atoms with Crippen LogP contribution in [0.3, 0.4) is 0 Å². The second kappa shape index (κ2) is 5.50. The van der Waals surface area contributed by atoms with Gasteiger partial charge >= 0.3 is 0 Å². The summed E-state index contributed by atoms with van der Waals surface area (Å²) in [6.45, 7) is 5.68. The van der Waals surface area contributed by atoms with Crippen LogP contribution in [0.25, 0.3) is 0 Å². The quantitative estimate of drug-likeness (QED) is 0.783. The third kappa shape index (κ3) is 3.36. The number of aromatic nitrogens is 2.